The van der Waals surface area contributed by atoms with Gasteiger partial charge in [-0.2, -0.15) is 4.31 Å². The van der Waals surface area contributed by atoms with Gasteiger partial charge in [0.2, 0.25) is 10.0 Å². The van der Waals surface area contributed by atoms with Gasteiger partial charge < -0.3 is 5.73 Å². The van der Waals surface area contributed by atoms with Gasteiger partial charge in [0.25, 0.3) is 0 Å². The van der Waals surface area contributed by atoms with E-state index in [1.54, 1.807) is 32.2 Å². The van der Waals surface area contributed by atoms with E-state index in [4.69, 9.17) is 5.73 Å². The fourth-order valence-electron chi connectivity index (χ4n) is 2.22. The van der Waals surface area contributed by atoms with Crippen molar-refractivity contribution >= 4 is 15.7 Å². The average molecular weight is 304 g/mol. The van der Waals surface area contributed by atoms with Gasteiger partial charge in [0, 0.05) is 18.8 Å². The first kappa shape index (κ1) is 15.5. The molecule has 2 aromatic carbocycles. The van der Waals surface area contributed by atoms with Gasteiger partial charge in [-0.1, -0.05) is 36.4 Å². The molecule has 21 heavy (non-hydrogen) atoms. The fourth-order valence-corrected chi connectivity index (χ4v) is 3.82. The number of hydrogen-bond donors (Lipinski definition) is 1. The van der Waals surface area contributed by atoms with E-state index < -0.39 is 10.0 Å². The minimum atomic E-state index is -3.59. The van der Waals surface area contributed by atoms with E-state index >= 15 is 0 Å². The van der Waals surface area contributed by atoms with Crippen molar-refractivity contribution in [1.82, 2.24) is 4.31 Å². The molecule has 5 heteroatoms. The molecule has 0 saturated heterocycles. The van der Waals surface area contributed by atoms with Gasteiger partial charge in [0.15, 0.2) is 0 Å². The van der Waals surface area contributed by atoms with E-state index in [1.807, 2.05) is 37.3 Å². The summed E-state index contributed by atoms with van der Waals surface area (Å²) in [5.74, 6) is 0. The largest absolute Gasteiger partial charge is 0.398 e. The second-order valence-corrected chi connectivity index (χ2v) is 7.04. The maximum Gasteiger partial charge on any atom is 0.243 e. The lowest BCUT2D eigenvalue weighted by atomic mass is 10.1. The Bertz CT molecular complexity index is 727. The zero-order valence-electron chi connectivity index (χ0n) is 12.4. The van der Waals surface area contributed by atoms with Crippen molar-refractivity contribution in [3.05, 3.63) is 59.7 Å². The van der Waals surface area contributed by atoms with Crippen molar-refractivity contribution < 1.29 is 8.42 Å². The molecule has 0 aromatic heterocycles. The van der Waals surface area contributed by atoms with E-state index in [9.17, 15) is 8.42 Å². The van der Waals surface area contributed by atoms with Crippen LogP contribution in [0.1, 0.15) is 24.1 Å². The second-order valence-electron chi connectivity index (χ2n) is 5.08. The van der Waals surface area contributed by atoms with Crippen LogP contribution in [0.5, 0.6) is 0 Å². The Labute approximate surface area is 126 Å². The summed E-state index contributed by atoms with van der Waals surface area (Å²) >= 11 is 0. The quantitative estimate of drug-likeness (QED) is 0.883. The van der Waals surface area contributed by atoms with E-state index in [0.717, 1.165) is 5.56 Å². The lowest BCUT2D eigenvalue weighted by molar-refractivity contribution is 0.398. The molecule has 2 aromatic rings. The lowest BCUT2D eigenvalue weighted by Gasteiger charge is -2.25. The summed E-state index contributed by atoms with van der Waals surface area (Å²) in [7, 11) is -1.99. The molecule has 0 spiro atoms. The number of hydrogen-bond acceptors (Lipinski definition) is 3. The zero-order chi connectivity index (χ0) is 15.6. The summed E-state index contributed by atoms with van der Waals surface area (Å²) in [5.41, 5.74) is 7.84. The third-order valence-corrected chi connectivity index (χ3v) is 5.88. The first-order valence-electron chi connectivity index (χ1n) is 6.73. The molecule has 0 aliphatic heterocycles. The zero-order valence-corrected chi connectivity index (χ0v) is 13.3. The molecule has 0 fully saturated rings. The van der Waals surface area contributed by atoms with Crippen LogP contribution in [0.3, 0.4) is 0 Å². The first-order chi connectivity index (χ1) is 9.85. The van der Waals surface area contributed by atoms with Gasteiger partial charge in [-0.05, 0) is 37.1 Å². The molecule has 4 nitrogen and oxygen atoms in total. The molecule has 0 aliphatic carbocycles. The molecule has 1 atom stereocenters. The minimum Gasteiger partial charge on any atom is -0.398 e. The predicted molar refractivity (Wildman–Crippen MR) is 85.4 cm³/mol. The number of nitrogens with two attached hydrogens (primary N) is 1. The lowest BCUT2D eigenvalue weighted by Crippen LogP contribution is -2.30. The van der Waals surface area contributed by atoms with Crippen molar-refractivity contribution in [2.45, 2.75) is 24.8 Å². The SMILES string of the molecule is Cc1c(N)cccc1S(=O)(=O)N(C)C(C)c1ccccc1. The van der Waals surface area contributed by atoms with E-state index in [2.05, 4.69) is 0 Å². The van der Waals surface area contributed by atoms with Crippen LogP contribution < -0.4 is 5.73 Å². The second kappa shape index (κ2) is 5.87. The molecular formula is C16H20N2O2S. The van der Waals surface area contributed by atoms with Gasteiger partial charge in [0.05, 0.1) is 4.90 Å². The maximum atomic E-state index is 12.8. The van der Waals surface area contributed by atoms with Crippen LogP contribution in [0.25, 0.3) is 0 Å². The number of benzene rings is 2. The average Bonchev–Trinajstić information content (AvgIpc) is 2.49. The monoisotopic (exact) mass is 304 g/mol. The maximum absolute atomic E-state index is 12.8. The van der Waals surface area contributed by atoms with Crippen LogP contribution in [0, 0.1) is 6.92 Å². The summed E-state index contributed by atoms with van der Waals surface area (Å²) in [4.78, 5) is 0.257. The molecule has 0 amide bonds. The van der Waals surface area contributed by atoms with E-state index in [0.29, 0.717) is 11.3 Å². The Balaban J connectivity index is 2.42. The number of nitrogen functional groups attached to an aromatic ring is 1. The van der Waals surface area contributed by atoms with Gasteiger partial charge in [0.1, 0.15) is 0 Å². The van der Waals surface area contributed by atoms with E-state index in [1.165, 1.54) is 4.31 Å². The van der Waals surface area contributed by atoms with Gasteiger partial charge >= 0.3 is 0 Å². The van der Waals surface area contributed by atoms with Gasteiger partial charge in [-0.25, -0.2) is 8.42 Å². The summed E-state index contributed by atoms with van der Waals surface area (Å²) < 4.78 is 27.0. The first-order valence-corrected chi connectivity index (χ1v) is 8.17. The standard InChI is InChI=1S/C16H20N2O2S/c1-12-15(17)10-7-11-16(12)21(19,20)18(3)13(2)14-8-5-4-6-9-14/h4-11,13H,17H2,1-3H3. The highest BCUT2D eigenvalue weighted by Crippen LogP contribution is 2.28. The van der Waals surface area contributed by atoms with Gasteiger partial charge in [-0.3, -0.25) is 0 Å². The topological polar surface area (TPSA) is 63.4 Å². The third kappa shape index (κ3) is 2.94. The third-order valence-electron chi connectivity index (χ3n) is 3.81. The van der Waals surface area contributed by atoms with Crippen LogP contribution in [0.4, 0.5) is 5.69 Å². The molecule has 0 heterocycles. The highest BCUT2D eigenvalue weighted by Gasteiger charge is 2.27. The van der Waals surface area contributed by atoms with Crippen LogP contribution in [0.15, 0.2) is 53.4 Å². The van der Waals surface area contributed by atoms with Crippen molar-refractivity contribution in [1.29, 1.82) is 0 Å². The van der Waals surface area contributed by atoms with Gasteiger partial charge in [-0.15, -0.1) is 0 Å². The molecule has 0 radical (unpaired) electrons. The fraction of sp³-hybridized carbons (Fsp3) is 0.250. The molecular weight excluding hydrogens is 284 g/mol. The molecule has 112 valence electrons. The molecule has 0 saturated carbocycles. The minimum absolute atomic E-state index is 0.253. The van der Waals surface area contributed by atoms with Crippen LogP contribution in [0.2, 0.25) is 0 Å². The summed E-state index contributed by atoms with van der Waals surface area (Å²) in [6.45, 7) is 3.59. The Kier molecular flexibility index (Phi) is 4.34. The van der Waals surface area contributed by atoms with Crippen molar-refractivity contribution in [2.75, 3.05) is 12.8 Å². The molecule has 1 unspecified atom stereocenters. The smallest absolute Gasteiger partial charge is 0.243 e. The molecule has 2 rings (SSSR count). The van der Waals surface area contributed by atoms with E-state index in [-0.39, 0.29) is 10.9 Å². The van der Waals surface area contributed by atoms with Crippen LogP contribution in [-0.2, 0) is 10.0 Å². The summed E-state index contributed by atoms with van der Waals surface area (Å²) in [6, 6.07) is 14.3. The summed E-state index contributed by atoms with van der Waals surface area (Å²) in [6.07, 6.45) is 0. The number of sulfonamides is 1. The Morgan fingerprint density at radius 3 is 2.29 bits per heavy atom. The van der Waals surface area contributed by atoms with Crippen molar-refractivity contribution in [2.24, 2.45) is 0 Å². The number of anilines is 1. The molecule has 0 aliphatic rings. The normalized spacial score (nSPS) is 13.3. The number of nitrogens with zero attached hydrogens (tertiary/aromatic N) is 1. The summed E-state index contributed by atoms with van der Waals surface area (Å²) in [5, 5.41) is 0. The Morgan fingerprint density at radius 1 is 1.05 bits per heavy atom. The predicted octanol–water partition coefficient (Wildman–Crippen LogP) is 2.96. The van der Waals surface area contributed by atoms with Crippen LogP contribution in [-0.4, -0.2) is 19.8 Å². The molecule has 2 N–H and O–H groups in total. The van der Waals surface area contributed by atoms with Crippen molar-refractivity contribution in [3.63, 3.8) is 0 Å². The Morgan fingerprint density at radius 2 is 1.67 bits per heavy atom. The highest BCUT2D eigenvalue weighted by atomic mass is 32.2. The van der Waals surface area contributed by atoms with Crippen molar-refractivity contribution in [3.8, 4) is 0 Å². The Hall–Kier alpha value is -1.85. The number of rotatable bonds is 4. The molecule has 0 bridgehead atoms. The highest BCUT2D eigenvalue weighted by molar-refractivity contribution is 7.89. The van der Waals surface area contributed by atoms with Crippen LogP contribution >= 0.6 is 0 Å².